The maximum absolute atomic E-state index is 7.76. The molecule has 0 bridgehead atoms. The summed E-state index contributed by atoms with van der Waals surface area (Å²) in [6.07, 6.45) is 0.991. The summed E-state index contributed by atoms with van der Waals surface area (Å²) in [4.78, 5) is 0. The van der Waals surface area contributed by atoms with Gasteiger partial charge in [-0.15, -0.1) is 0 Å². The van der Waals surface area contributed by atoms with Crippen LogP contribution in [0.25, 0.3) is 33.4 Å². The topological polar surface area (TPSA) is 23.9 Å². The zero-order chi connectivity index (χ0) is 19.1. The lowest BCUT2D eigenvalue weighted by molar-refractivity contribution is 1.26. The van der Waals surface area contributed by atoms with Gasteiger partial charge in [-0.1, -0.05) is 84.9 Å². The number of hydrogen-bond donors (Lipinski definition) is 1. The van der Waals surface area contributed by atoms with Gasteiger partial charge >= 0.3 is 0 Å². The van der Waals surface area contributed by atoms with Crippen LogP contribution >= 0.6 is 0 Å². The third kappa shape index (κ3) is 2.86. The maximum Gasteiger partial charge on any atom is 0.0355 e. The number of fused-ring (bicyclic) bond motifs is 3. The summed E-state index contributed by atoms with van der Waals surface area (Å²) < 4.78 is 0. The molecule has 0 amide bonds. The molecule has 0 fully saturated rings. The van der Waals surface area contributed by atoms with Gasteiger partial charge in [0.15, 0.2) is 0 Å². The fourth-order valence-corrected chi connectivity index (χ4v) is 4.09. The Morgan fingerprint density at radius 3 is 2.00 bits per heavy atom. The van der Waals surface area contributed by atoms with E-state index in [4.69, 9.17) is 5.41 Å². The molecule has 0 saturated carbocycles. The highest BCUT2D eigenvalue weighted by atomic mass is 14.4. The fraction of sp³-hybridized carbons (Fsp3) is 0.0741. The van der Waals surface area contributed by atoms with Gasteiger partial charge < -0.3 is 5.41 Å². The van der Waals surface area contributed by atoms with Crippen LogP contribution in [0.2, 0.25) is 0 Å². The molecule has 0 atom stereocenters. The normalized spacial score (nSPS) is 11.8. The Labute approximate surface area is 165 Å². The second kappa shape index (κ2) is 6.61. The molecule has 0 radical (unpaired) electrons. The Morgan fingerprint density at radius 1 is 0.607 bits per heavy atom. The third-order valence-electron chi connectivity index (χ3n) is 5.64. The molecule has 1 aliphatic carbocycles. The second-order valence-corrected chi connectivity index (χ2v) is 7.49. The summed E-state index contributed by atoms with van der Waals surface area (Å²) in [6.45, 7) is 1.82. The first-order chi connectivity index (χ1) is 13.7. The van der Waals surface area contributed by atoms with Crippen LogP contribution in [0.3, 0.4) is 0 Å². The Morgan fingerprint density at radius 2 is 1.25 bits per heavy atom. The van der Waals surface area contributed by atoms with E-state index in [-0.39, 0.29) is 0 Å². The zero-order valence-electron chi connectivity index (χ0n) is 15.9. The van der Waals surface area contributed by atoms with Crippen molar-refractivity contribution in [3.8, 4) is 33.4 Å². The minimum Gasteiger partial charge on any atom is -0.305 e. The van der Waals surface area contributed by atoms with Gasteiger partial charge in [-0.3, -0.25) is 0 Å². The van der Waals surface area contributed by atoms with Crippen LogP contribution in [0.5, 0.6) is 0 Å². The van der Waals surface area contributed by atoms with Gasteiger partial charge in [-0.2, -0.15) is 0 Å². The Bertz CT molecular complexity index is 1180. The average Bonchev–Trinajstić information content (AvgIpc) is 3.11. The molecule has 4 aromatic carbocycles. The van der Waals surface area contributed by atoms with Gasteiger partial charge in [0.1, 0.15) is 0 Å². The van der Waals surface area contributed by atoms with Crippen molar-refractivity contribution in [3.63, 3.8) is 0 Å². The standard InChI is InChI=1S/C27H21N/c1-18(28)19-7-9-21(10-8-19)22-13-14-26-25(15-22)16-24-12-11-23(17-27(24)26)20-5-3-2-4-6-20/h2-15,17,28H,16H2,1H3. The molecular weight excluding hydrogens is 338 g/mol. The van der Waals surface area contributed by atoms with Gasteiger partial charge in [-0.05, 0) is 69.5 Å². The lowest BCUT2D eigenvalue weighted by Crippen LogP contribution is -1.91. The Hall–Kier alpha value is -3.45. The van der Waals surface area contributed by atoms with Crippen LogP contribution in [0.4, 0.5) is 0 Å². The summed E-state index contributed by atoms with van der Waals surface area (Å²) in [6, 6.07) is 32.5. The first kappa shape index (κ1) is 16.7. The predicted molar refractivity (Wildman–Crippen MR) is 118 cm³/mol. The molecule has 0 spiro atoms. The predicted octanol–water partition coefficient (Wildman–Crippen LogP) is 6.98. The van der Waals surface area contributed by atoms with Crippen LogP contribution in [0.15, 0.2) is 91.0 Å². The molecule has 1 nitrogen and oxygen atoms in total. The molecule has 0 heterocycles. The van der Waals surface area contributed by atoms with Crippen molar-refractivity contribution in [2.75, 3.05) is 0 Å². The lowest BCUT2D eigenvalue weighted by Gasteiger charge is -2.08. The summed E-state index contributed by atoms with van der Waals surface area (Å²) in [5.41, 5.74) is 12.1. The van der Waals surface area contributed by atoms with Gasteiger partial charge in [0.05, 0.1) is 0 Å². The summed E-state index contributed by atoms with van der Waals surface area (Å²) in [5, 5.41) is 7.76. The third-order valence-corrected chi connectivity index (χ3v) is 5.64. The molecule has 28 heavy (non-hydrogen) atoms. The molecule has 0 aromatic heterocycles. The van der Waals surface area contributed by atoms with Crippen LogP contribution in [-0.2, 0) is 6.42 Å². The number of hydrogen-bond acceptors (Lipinski definition) is 1. The summed E-state index contributed by atoms with van der Waals surface area (Å²) >= 11 is 0. The molecular formula is C27H21N. The van der Waals surface area contributed by atoms with E-state index in [0.29, 0.717) is 5.71 Å². The van der Waals surface area contributed by atoms with E-state index in [9.17, 15) is 0 Å². The number of rotatable bonds is 3. The zero-order valence-corrected chi connectivity index (χ0v) is 15.9. The Balaban J connectivity index is 1.52. The lowest BCUT2D eigenvalue weighted by atomic mass is 9.96. The highest BCUT2D eigenvalue weighted by molar-refractivity contribution is 5.96. The molecule has 1 heteroatoms. The minimum atomic E-state index is 0.602. The van der Waals surface area contributed by atoms with Crippen LogP contribution in [0.1, 0.15) is 23.6 Å². The van der Waals surface area contributed by atoms with E-state index in [1.807, 2.05) is 19.1 Å². The molecule has 134 valence electrons. The van der Waals surface area contributed by atoms with Gasteiger partial charge in [-0.25, -0.2) is 0 Å². The Kier molecular flexibility index (Phi) is 3.95. The first-order valence-electron chi connectivity index (χ1n) is 9.67. The van der Waals surface area contributed by atoms with E-state index in [1.165, 1.54) is 44.5 Å². The van der Waals surface area contributed by atoms with Crippen molar-refractivity contribution in [3.05, 3.63) is 108 Å². The van der Waals surface area contributed by atoms with E-state index < -0.39 is 0 Å². The highest BCUT2D eigenvalue weighted by Gasteiger charge is 2.19. The largest absolute Gasteiger partial charge is 0.305 e. The van der Waals surface area contributed by atoms with E-state index >= 15 is 0 Å². The van der Waals surface area contributed by atoms with E-state index in [1.54, 1.807) is 0 Å². The minimum absolute atomic E-state index is 0.602. The van der Waals surface area contributed by atoms with Crippen LogP contribution in [0, 0.1) is 5.41 Å². The molecule has 0 aliphatic heterocycles. The van der Waals surface area contributed by atoms with Crippen molar-refractivity contribution >= 4 is 5.71 Å². The number of benzene rings is 4. The maximum atomic E-state index is 7.76. The van der Waals surface area contributed by atoms with Crippen LogP contribution in [-0.4, -0.2) is 5.71 Å². The molecule has 0 unspecified atom stereocenters. The molecule has 1 N–H and O–H groups in total. The van der Waals surface area contributed by atoms with Gasteiger partial charge in [0.25, 0.3) is 0 Å². The molecule has 1 aliphatic rings. The van der Waals surface area contributed by atoms with Crippen LogP contribution < -0.4 is 0 Å². The summed E-state index contributed by atoms with van der Waals surface area (Å²) in [5.74, 6) is 0. The number of nitrogens with one attached hydrogen (secondary N) is 1. The first-order valence-corrected chi connectivity index (χ1v) is 9.67. The monoisotopic (exact) mass is 359 g/mol. The fourth-order valence-electron chi connectivity index (χ4n) is 4.09. The average molecular weight is 359 g/mol. The molecule has 0 saturated heterocycles. The van der Waals surface area contributed by atoms with Gasteiger partial charge in [0.2, 0.25) is 0 Å². The van der Waals surface area contributed by atoms with Crippen molar-refractivity contribution in [1.29, 1.82) is 5.41 Å². The molecule has 4 aromatic rings. The van der Waals surface area contributed by atoms with E-state index in [0.717, 1.165) is 12.0 Å². The highest BCUT2D eigenvalue weighted by Crippen LogP contribution is 2.40. The van der Waals surface area contributed by atoms with Crippen molar-refractivity contribution in [2.45, 2.75) is 13.3 Å². The van der Waals surface area contributed by atoms with Crippen molar-refractivity contribution in [2.24, 2.45) is 0 Å². The second-order valence-electron chi connectivity index (χ2n) is 7.49. The summed E-state index contributed by atoms with van der Waals surface area (Å²) in [7, 11) is 0. The van der Waals surface area contributed by atoms with Crippen molar-refractivity contribution in [1.82, 2.24) is 0 Å². The van der Waals surface area contributed by atoms with Gasteiger partial charge in [0, 0.05) is 5.71 Å². The van der Waals surface area contributed by atoms with E-state index in [2.05, 4.69) is 78.9 Å². The SMILES string of the molecule is CC(=N)c1ccc(-c2ccc3c(c2)Cc2ccc(-c4ccccc4)cc2-3)cc1. The quantitative estimate of drug-likeness (QED) is 0.336. The van der Waals surface area contributed by atoms with Crippen molar-refractivity contribution < 1.29 is 0 Å². The molecule has 5 rings (SSSR count). The smallest absolute Gasteiger partial charge is 0.0355 e.